The van der Waals surface area contributed by atoms with Gasteiger partial charge in [0, 0.05) is 0 Å². The summed E-state index contributed by atoms with van der Waals surface area (Å²) in [5.41, 5.74) is 0.884. The molecule has 0 bridgehead atoms. The van der Waals surface area contributed by atoms with Gasteiger partial charge >= 0.3 is 0 Å². The molecule has 0 aliphatic heterocycles. The van der Waals surface area contributed by atoms with E-state index in [0.717, 1.165) is 17.9 Å². The van der Waals surface area contributed by atoms with Gasteiger partial charge in [-0.1, -0.05) is 18.2 Å². The molecule has 0 radical (unpaired) electrons. The summed E-state index contributed by atoms with van der Waals surface area (Å²) >= 11 is 0. The molecule has 58 valence electrons. The van der Waals surface area contributed by atoms with Crippen molar-refractivity contribution in [3.8, 4) is 0 Å². The lowest BCUT2D eigenvalue weighted by atomic mass is 10.1. The molecule has 2 rings (SSSR count). The summed E-state index contributed by atoms with van der Waals surface area (Å²) < 4.78 is 13.0. The molecule has 11 heavy (non-hydrogen) atoms. The van der Waals surface area contributed by atoms with Gasteiger partial charge in [0.05, 0.1) is 0 Å². The van der Waals surface area contributed by atoms with Crippen molar-refractivity contribution in [1.29, 1.82) is 0 Å². The fourth-order valence-corrected chi connectivity index (χ4v) is 1.30. The van der Waals surface area contributed by atoms with E-state index in [1.807, 2.05) is 12.1 Å². The standard InChI is InChI=1S/C10H11F/c11-10-4-2-1-3-9(10)7-8-5-6-8/h1-4,8H,5-7H2. The second-order valence-corrected chi connectivity index (χ2v) is 3.24. The summed E-state index contributed by atoms with van der Waals surface area (Å²) in [7, 11) is 0. The molecule has 0 nitrogen and oxygen atoms in total. The zero-order valence-corrected chi connectivity index (χ0v) is 6.39. The van der Waals surface area contributed by atoms with Gasteiger partial charge in [-0.15, -0.1) is 0 Å². The first-order valence-electron chi connectivity index (χ1n) is 4.09. The van der Waals surface area contributed by atoms with E-state index >= 15 is 0 Å². The third-order valence-corrected chi connectivity index (χ3v) is 2.16. The quantitative estimate of drug-likeness (QED) is 0.608. The highest BCUT2D eigenvalue weighted by molar-refractivity contribution is 5.18. The molecule has 1 aromatic rings. The molecule has 0 spiro atoms. The van der Waals surface area contributed by atoms with Crippen molar-refractivity contribution < 1.29 is 4.39 Å². The monoisotopic (exact) mass is 150 g/mol. The van der Waals surface area contributed by atoms with Crippen molar-refractivity contribution in [3.63, 3.8) is 0 Å². The molecule has 1 heteroatoms. The molecule has 0 unspecified atom stereocenters. The van der Waals surface area contributed by atoms with Crippen LogP contribution in [0.25, 0.3) is 0 Å². The minimum atomic E-state index is -0.0422. The molecule has 0 amide bonds. The van der Waals surface area contributed by atoms with E-state index in [1.165, 1.54) is 18.9 Å². The predicted molar refractivity (Wildman–Crippen MR) is 42.8 cm³/mol. The first kappa shape index (κ1) is 6.84. The Balaban J connectivity index is 2.15. The number of hydrogen-bond acceptors (Lipinski definition) is 0. The Bertz CT molecular complexity index is 251. The van der Waals surface area contributed by atoms with Crippen LogP contribution in [-0.4, -0.2) is 0 Å². The summed E-state index contributed by atoms with van der Waals surface area (Å²) in [6, 6.07) is 7.07. The lowest BCUT2D eigenvalue weighted by Crippen LogP contribution is -1.90. The fraction of sp³-hybridized carbons (Fsp3) is 0.400. The van der Waals surface area contributed by atoms with E-state index in [2.05, 4.69) is 0 Å². The lowest BCUT2D eigenvalue weighted by molar-refractivity contribution is 0.602. The molecule has 1 fully saturated rings. The maximum absolute atomic E-state index is 13.0. The van der Waals surface area contributed by atoms with Crippen LogP contribution in [0, 0.1) is 11.7 Å². The van der Waals surface area contributed by atoms with Gasteiger partial charge in [0.2, 0.25) is 0 Å². The lowest BCUT2D eigenvalue weighted by Gasteiger charge is -1.99. The average molecular weight is 150 g/mol. The Morgan fingerprint density at radius 3 is 2.64 bits per heavy atom. The van der Waals surface area contributed by atoms with E-state index < -0.39 is 0 Å². The summed E-state index contributed by atoms with van der Waals surface area (Å²) in [5.74, 6) is 0.728. The first-order chi connectivity index (χ1) is 5.36. The highest BCUT2D eigenvalue weighted by Crippen LogP contribution is 2.32. The molecule has 1 aliphatic carbocycles. The summed E-state index contributed by atoms with van der Waals surface area (Å²) in [4.78, 5) is 0. The SMILES string of the molecule is Fc1ccccc1CC1CC1. The van der Waals surface area contributed by atoms with Crippen LogP contribution >= 0.6 is 0 Å². The molecular formula is C10H11F. The highest BCUT2D eigenvalue weighted by Gasteiger charge is 2.22. The van der Waals surface area contributed by atoms with Crippen molar-refractivity contribution in [2.45, 2.75) is 19.3 Å². The number of benzene rings is 1. The van der Waals surface area contributed by atoms with Gasteiger partial charge in [-0.25, -0.2) is 4.39 Å². The van der Waals surface area contributed by atoms with Crippen LogP contribution in [0.3, 0.4) is 0 Å². The van der Waals surface area contributed by atoms with Crippen LogP contribution in [-0.2, 0) is 6.42 Å². The Kier molecular flexibility index (Phi) is 1.65. The fourth-order valence-electron chi connectivity index (χ4n) is 1.30. The van der Waals surface area contributed by atoms with E-state index in [4.69, 9.17) is 0 Å². The van der Waals surface area contributed by atoms with Gasteiger partial charge in [0.25, 0.3) is 0 Å². The van der Waals surface area contributed by atoms with Crippen molar-refractivity contribution in [2.24, 2.45) is 5.92 Å². The van der Waals surface area contributed by atoms with Crippen molar-refractivity contribution in [1.82, 2.24) is 0 Å². The second-order valence-electron chi connectivity index (χ2n) is 3.24. The Morgan fingerprint density at radius 2 is 2.00 bits per heavy atom. The van der Waals surface area contributed by atoms with Crippen LogP contribution in [0.15, 0.2) is 24.3 Å². The van der Waals surface area contributed by atoms with Gasteiger partial charge in [-0.2, -0.15) is 0 Å². The third-order valence-electron chi connectivity index (χ3n) is 2.16. The van der Waals surface area contributed by atoms with Crippen molar-refractivity contribution >= 4 is 0 Å². The number of halogens is 1. The zero-order valence-electron chi connectivity index (χ0n) is 6.39. The zero-order chi connectivity index (χ0) is 7.68. The predicted octanol–water partition coefficient (Wildman–Crippen LogP) is 2.78. The maximum Gasteiger partial charge on any atom is 0.126 e. The second kappa shape index (κ2) is 2.65. The topological polar surface area (TPSA) is 0 Å². The molecule has 1 aliphatic rings. The average Bonchev–Trinajstić information content (AvgIpc) is 2.78. The van der Waals surface area contributed by atoms with Crippen LogP contribution < -0.4 is 0 Å². The summed E-state index contributed by atoms with van der Waals surface area (Å²) in [6.45, 7) is 0. The van der Waals surface area contributed by atoms with Crippen molar-refractivity contribution in [2.75, 3.05) is 0 Å². The Hall–Kier alpha value is -0.850. The van der Waals surface area contributed by atoms with Gasteiger partial charge in [-0.05, 0) is 36.8 Å². The summed E-state index contributed by atoms with van der Waals surface area (Å²) in [6.07, 6.45) is 3.51. The molecule has 0 saturated heterocycles. The van der Waals surface area contributed by atoms with E-state index in [1.54, 1.807) is 6.07 Å². The van der Waals surface area contributed by atoms with Crippen LogP contribution in [0.4, 0.5) is 4.39 Å². The molecule has 1 aromatic carbocycles. The normalized spacial score (nSPS) is 16.8. The molecular weight excluding hydrogens is 139 g/mol. The first-order valence-corrected chi connectivity index (χ1v) is 4.09. The van der Waals surface area contributed by atoms with Gasteiger partial charge < -0.3 is 0 Å². The summed E-state index contributed by atoms with van der Waals surface area (Å²) in [5, 5.41) is 0. The third kappa shape index (κ3) is 1.59. The van der Waals surface area contributed by atoms with Gasteiger partial charge in [0.1, 0.15) is 5.82 Å². The van der Waals surface area contributed by atoms with Gasteiger partial charge in [0.15, 0.2) is 0 Å². The largest absolute Gasteiger partial charge is 0.207 e. The Morgan fingerprint density at radius 1 is 1.27 bits per heavy atom. The highest BCUT2D eigenvalue weighted by atomic mass is 19.1. The van der Waals surface area contributed by atoms with Crippen LogP contribution in [0.5, 0.6) is 0 Å². The van der Waals surface area contributed by atoms with Crippen LogP contribution in [0.1, 0.15) is 18.4 Å². The molecule has 0 atom stereocenters. The van der Waals surface area contributed by atoms with E-state index in [9.17, 15) is 4.39 Å². The molecule has 0 N–H and O–H groups in total. The molecule has 1 saturated carbocycles. The van der Waals surface area contributed by atoms with Gasteiger partial charge in [-0.3, -0.25) is 0 Å². The van der Waals surface area contributed by atoms with E-state index in [-0.39, 0.29) is 5.82 Å². The minimum absolute atomic E-state index is 0.0422. The number of hydrogen-bond donors (Lipinski definition) is 0. The Labute approximate surface area is 66.1 Å². The maximum atomic E-state index is 13.0. The van der Waals surface area contributed by atoms with Crippen LogP contribution in [0.2, 0.25) is 0 Å². The molecule has 0 aromatic heterocycles. The molecule has 0 heterocycles. The smallest absolute Gasteiger partial charge is 0.126 e. The van der Waals surface area contributed by atoms with E-state index in [0.29, 0.717) is 0 Å². The number of rotatable bonds is 2. The van der Waals surface area contributed by atoms with Crippen molar-refractivity contribution in [3.05, 3.63) is 35.6 Å². The minimum Gasteiger partial charge on any atom is -0.207 e.